The number of carbonyl (C=O) groups excluding carboxylic acids is 1. The van der Waals surface area contributed by atoms with Crippen LogP contribution in [0.25, 0.3) is 0 Å². The first-order chi connectivity index (χ1) is 10.2. The summed E-state index contributed by atoms with van der Waals surface area (Å²) in [7, 11) is -4.48. The summed E-state index contributed by atoms with van der Waals surface area (Å²) in [5, 5.41) is 3.46. The summed E-state index contributed by atoms with van der Waals surface area (Å²) in [5.41, 5.74) is 0.627. The van der Waals surface area contributed by atoms with Crippen molar-refractivity contribution in [3.63, 3.8) is 0 Å². The van der Waals surface area contributed by atoms with E-state index in [9.17, 15) is 22.0 Å². The van der Waals surface area contributed by atoms with E-state index in [1.54, 1.807) is 21.5 Å². The van der Waals surface area contributed by atoms with Gasteiger partial charge in [-0.05, 0) is 53.9 Å². The van der Waals surface area contributed by atoms with Crippen molar-refractivity contribution in [2.75, 3.05) is 0 Å². The lowest BCUT2D eigenvalue weighted by Crippen LogP contribution is -2.34. The van der Waals surface area contributed by atoms with Crippen LogP contribution in [-0.2, 0) is 14.8 Å². The monoisotopic (exact) mass is 345 g/mol. The van der Waals surface area contributed by atoms with Gasteiger partial charge in [-0.15, -0.1) is 0 Å². The molecule has 22 heavy (non-hydrogen) atoms. The van der Waals surface area contributed by atoms with E-state index in [4.69, 9.17) is 0 Å². The zero-order valence-corrected chi connectivity index (χ0v) is 13.4. The molecule has 0 aliphatic rings. The number of halogens is 2. The highest BCUT2D eigenvalue weighted by atomic mass is 32.2. The average Bonchev–Trinajstić information content (AvgIpc) is 2.95. The Morgan fingerprint density at radius 2 is 1.95 bits per heavy atom. The van der Waals surface area contributed by atoms with E-state index in [2.05, 4.69) is 0 Å². The van der Waals surface area contributed by atoms with Crippen molar-refractivity contribution in [1.82, 2.24) is 4.72 Å². The van der Waals surface area contributed by atoms with Crippen LogP contribution in [0.3, 0.4) is 0 Å². The number of carbonyl (C=O) groups is 1. The van der Waals surface area contributed by atoms with E-state index >= 15 is 0 Å². The Hall–Kier alpha value is -1.80. The van der Waals surface area contributed by atoms with Crippen molar-refractivity contribution < 1.29 is 22.0 Å². The SMILES string of the molecule is Cc1cc(F)c(S(=O)(=O)NC(=O)[C@@H](C)c2ccsc2)cc1F. The van der Waals surface area contributed by atoms with Gasteiger partial charge in [-0.2, -0.15) is 11.3 Å². The molecule has 0 aliphatic heterocycles. The smallest absolute Gasteiger partial charge is 0.267 e. The molecule has 118 valence electrons. The van der Waals surface area contributed by atoms with Crippen LogP contribution < -0.4 is 4.72 Å². The minimum atomic E-state index is -4.48. The second-order valence-electron chi connectivity index (χ2n) is 4.78. The third kappa shape index (κ3) is 3.33. The molecule has 4 nitrogen and oxygen atoms in total. The minimum absolute atomic E-state index is 0.0191. The van der Waals surface area contributed by atoms with Gasteiger partial charge in [0, 0.05) is 0 Å². The topological polar surface area (TPSA) is 63.2 Å². The van der Waals surface area contributed by atoms with Crippen molar-refractivity contribution in [3.05, 3.63) is 51.7 Å². The molecule has 2 rings (SSSR count). The number of rotatable bonds is 4. The molecule has 1 amide bonds. The summed E-state index contributed by atoms with van der Waals surface area (Å²) in [6.45, 7) is 2.84. The lowest BCUT2D eigenvalue weighted by molar-refractivity contribution is -0.120. The summed E-state index contributed by atoms with van der Waals surface area (Å²) in [4.78, 5) is 11.1. The maximum atomic E-state index is 13.8. The Kier molecular flexibility index (Phi) is 4.62. The molecule has 1 aromatic heterocycles. The molecule has 8 heteroatoms. The van der Waals surface area contributed by atoms with Crippen LogP contribution >= 0.6 is 11.3 Å². The van der Waals surface area contributed by atoms with E-state index in [0.29, 0.717) is 11.6 Å². The van der Waals surface area contributed by atoms with Gasteiger partial charge >= 0.3 is 0 Å². The molecule has 0 saturated heterocycles. The molecule has 0 radical (unpaired) electrons. The summed E-state index contributed by atoms with van der Waals surface area (Å²) in [5.74, 6) is -3.50. The minimum Gasteiger partial charge on any atom is -0.273 e. The fourth-order valence-electron chi connectivity index (χ4n) is 1.78. The van der Waals surface area contributed by atoms with Crippen molar-refractivity contribution in [2.45, 2.75) is 24.7 Å². The van der Waals surface area contributed by atoms with Crippen LogP contribution in [0, 0.1) is 18.6 Å². The molecule has 1 heterocycles. The number of hydrogen-bond acceptors (Lipinski definition) is 4. The summed E-state index contributed by atoms with van der Waals surface area (Å²) < 4.78 is 53.1. The number of nitrogens with one attached hydrogen (secondary N) is 1. The largest absolute Gasteiger partial charge is 0.273 e. The quantitative estimate of drug-likeness (QED) is 0.927. The maximum absolute atomic E-state index is 13.8. The van der Waals surface area contributed by atoms with Crippen LogP contribution in [0.1, 0.15) is 24.0 Å². The van der Waals surface area contributed by atoms with Crippen molar-refractivity contribution >= 4 is 27.3 Å². The summed E-state index contributed by atoms with van der Waals surface area (Å²) >= 11 is 1.37. The molecule has 0 fully saturated rings. The molecule has 1 N–H and O–H groups in total. The predicted octanol–water partition coefficient (Wildman–Crippen LogP) is 2.94. The Bertz CT molecular complexity index is 802. The third-order valence-corrected chi connectivity index (χ3v) is 5.24. The van der Waals surface area contributed by atoms with E-state index in [1.165, 1.54) is 25.2 Å². The number of aryl methyl sites for hydroxylation is 1. The van der Waals surface area contributed by atoms with Crippen molar-refractivity contribution in [3.8, 4) is 0 Å². The van der Waals surface area contributed by atoms with Gasteiger partial charge < -0.3 is 0 Å². The van der Waals surface area contributed by atoms with Gasteiger partial charge in [0.05, 0.1) is 5.92 Å². The lowest BCUT2D eigenvalue weighted by Gasteiger charge is -2.12. The van der Waals surface area contributed by atoms with Crippen LogP contribution in [0.15, 0.2) is 33.9 Å². The molecule has 0 unspecified atom stereocenters. The van der Waals surface area contributed by atoms with Gasteiger partial charge in [0.1, 0.15) is 16.5 Å². The zero-order chi connectivity index (χ0) is 16.5. The average molecular weight is 345 g/mol. The molecule has 0 spiro atoms. The van der Waals surface area contributed by atoms with Crippen LogP contribution in [0.4, 0.5) is 8.78 Å². The molecule has 0 saturated carbocycles. The third-order valence-electron chi connectivity index (χ3n) is 3.17. The van der Waals surface area contributed by atoms with Gasteiger partial charge in [-0.3, -0.25) is 4.79 Å². The Labute approximate surface area is 130 Å². The number of benzene rings is 1. The van der Waals surface area contributed by atoms with E-state index in [1.807, 2.05) is 0 Å². The molecular formula is C14H13F2NO3S2. The highest BCUT2D eigenvalue weighted by Gasteiger charge is 2.26. The zero-order valence-electron chi connectivity index (χ0n) is 11.8. The normalized spacial score (nSPS) is 12.9. The van der Waals surface area contributed by atoms with Gasteiger partial charge in [0.15, 0.2) is 0 Å². The molecule has 0 bridgehead atoms. The fraction of sp³-hybridized carbons (Fsp3) is 0.214. The Morgan fingerprint density at radius 3 is 2.55 bits per heavy atom. The van der Waals surface area contributed by atoms with Crippen LogP contribution in [0.5, 0.6) is 0 Å². The number of sulfonamides is 1. The number of thiophene rings is 1. The van der Waals surface area contributed by atoms with Crippen molar-refractivity contribution in [2.24, 2.45) is 0 Å². The standard InChI is InChI=1S/C14H13F2NO3S2/c1-8-5-12(16)13(6-11(8)15)22(19,20)17-14(18)9(2)10-3-4-21-7-10/h3-7,9H,1-2H3,(H,17,18)/t9-/m0/s1. The Balaban J connectivity index is 2.28. The van der Waals surface area contributed by atoms with E-state index in [-0.39, 0.29) is 5.56 Å². The first-order valence-corrected chi connectivity index (χ1v) is 8.69. The number of amides is 1. The Morgan fingerprint density at radius 1 is 1.27 bits per heavy atom. The van der Waals surface area contributed by atoms with Gasteiger partial charge in [0.2, 0.25) is 5.91 Å². The van der Waals surface area contributed by atoms with Crippen LogP contribution in [0.2, 0.25) is 0 Å². The molecule has 1 aromatic carbocycles. The van der Waals surface area contributed by atoms with Gasteiger partial charge in [0.25, 0.3) is 10.0 Å². The predicted molar refractivity (Wildman–Crippen MR) is 79.2 cm³/mol. The summed E-state index contributed by atoms with van der Waals surface area (Å²) in [6.07, 6.45) is 0. The summed E-state index contributed by atoms with van der Waals surface area (Å²) in [6, 6.07) is 3.03. The number of hydrogen-bond donors (Lipinski definition) is 1. The molecule has 0 aliphatic carbocycles. The van der Waals surface area contributed by atoms with Gasteiger partial charge in [-0.1, -0.05) is 0 Å². The lowest BCUT2D eigenvalue weighted by atomic mass is 10.1. The first-order valence-electron chi connectivity index (χ1n) is 6.27. The highest BCUT2D eigenvalue weighted by Crippen LogP contribution is 2.21. The highest BCUT2D eigenvalue weighted by molar-refractivity contribution is 7.90. The second-order valence-corrected chi connectivity index (χ2v) is 7.21. The van der Waals surface area contributed by atoms with Crippen molar-refractivity contribution in [1.29, 1.82) is 0 Å². The molecule has 2 aromatic rings. The molecule has 1 atom stereocenters. The van der Waals surface area contributed by atoms with E-state index in [0.717, 1.165) is 6.07 Å². The van der Waals surface area contributed by atoms with Crippen LogP contribution in [-0.4, -0.2) is 14.3 Å². The molecular weight excluding hydrogens is 332 g/mol. The maximum Gasteiger partial charge on any atom is 0.267 e. The van der Waals surface area contributed by atoms with Gasteiger partial charge in [-0.25, -0.2) is 21.9 Å². The van der Waals surface area contributed by atoms with E-state index < -0.39 is 38.4 Å². The first kappa shape index (κ1) is 16.6. The fourth-order valence-corrected chi connectivity index (χ4v) is 3.66. The second kappa shape index (κ2) is 6.13.